The summed E-state index contributed by atoms with van der Waals surface area (Å²) in [6, 6.07) is 9.44. The molecule has 34 heavy (non-hydrogen) atoms. The third-order valence-corrected chi connectivity index (χ3v) is 7.39. The number of benzene rings is 1. The fraction of sp³-hybridized carbons (Fsp3) is 0.308. The van der Waals surface area contributed by atoms with E-state index in [0.717, 1.165) is 30.9 Å². The summed E-state index contributed by atoms with van der Waals surface area (Å²) in [6.45, 7) is 6.75. The second kappa shape index (κ2) is 8.92. The Morgan fingerprint density at radius 2 is 1.85 bits per heavy atom. The maximum atomic E-state index is 11.4. The lowest BCUT2D eigenvalue weighted by Crippen LogP contribution is -2.26. The lowest BCUT2D eigenvalue weighted by Gasteiger charge is -2.33. The number of hydrogen-bond donors (Lipinski definition) is 2. The van der Waals surface area contributed by atoms with Gasteiger partial charge in [0.15, 0.2) is 0 Å². The van der Waals surface area contributed by atoms with Crippen LogP contribution in [0.15, 0.2) is 39.7 Å². The van der Waals surface area contributed by atoms with Crippen molar-refractivity contribution in [2.24, 2.45) is 16.3 Å². The number of thiophene rings is 1. The van der Waals surface area contributed by atoms with Crippen LogP contribution in [0.5, 0.6) is 0 Å². The minimum atomic E-state index is -1.22. The van der Waals surface area contributed by atoms with Crippen LogP contribution >= 0.6 is 11.3 Å². The van der Waals surface area contributed by atoms with Gasteiger partial charge in [-0.15, -0.1) is 11.3 Å². The van der Waals surface area contributed by atoms with E-state index in [9.17, 15) is 25.1 Å². The molecule has 2 heterocycles. The number of carboxylic acids is 2. The van der Waals surface area contributed by atoms with Gasteiger partial charge in [0.25, 0.3) is 0 Å². The number of hydrogen-bond acceptors (Lipinski definition) is 6. The molecule has 1 aliphatic carbocycles. The largest absolute Gasteiger partial charge is 0.478 e. The topological polar surface area (TPSA) is 124 Å². The van der Waals surface area contributed by atoms with Crippen LogP contribution in [0.3, 0.4) is 0 Å². The van der Waals surface area contributed by atoms with Crippen LogP contribution in [0.2, 0.25) is 0 Å². The van der Waals surface area contributed by atoms with Gasteiger partial charge in [0.2, 0.25) is 0 Å². The fourth-order valence-electron chi connectivity index (χ4n) is 4.23. The average molecular weight is 477 g/mol. The van der Waals surface area contributed by atoms with Crippen LogP contribution in [-0.4, -0.2) is 28.4 Å². The van der Waals surface area contributed by atoms with Gasteiger partial charge >= 0.3 is 11.9 Å². The molecule has 1 aromatic carbocycles. The molecule has 8 heteroatoms. The molecule has 2 aromatic heterocycles. The molecular formula is C26H24N2O5S. The molecule has 2 N–H and O–H groups in total. The second-order valence-electron chi connectivity index (χ2n) is 9.47. The first kappa shape index (κ1) is 23.5. The standard InChI is InChI=1S/C26H24N2O5S/c1-26(2,3)17-4-6-19-20(12-27)23(34-22(19)11-17)28-13-18-5-7-21(33-18)14-8-15(24(29)30)10-16(9-14)25(31)32/h5,7-10,13,17H,4,6,11H2,1-3H3,(H,29,30)(H,31,32)/t17-/m1/s1. The summed E-state index contributed by atoms with van der Waals surface area (Å²) in [5, 5.41) is 29.0. The number of rotatable bonds is 5. The average Bonchev–Trinajstić information content (AvgIpc) is 3.40. The fourth-order valence-corrected chi connectivity index (χ4v) is 5.45. The van der Waals surface area contributed by atoms with Crippen LogP contribution in [0.1, 0.15) is 69.7 Å². The van der Waals surface area contributed by atoms with Crippen LogP contribution < -0.4 is 0 Å². The van der Waals surface area contributed by atoms with E-state index in [1.54, 1.807) is 23.5 Å². The zero-order valence-corrected chi connectivity index (χ0v) is 19.9. The quantitative estimate of drug-likeness (QED) is 0.424. The molecule has 0 spiro atoms. The van der Waals surface area contributed by atoms with Crippen LogP contribution in [0.25, 0.3) is 11.3 Å². The van der Waals surface area contributed by atoms with Crippen molar-refractivity contribution in [3.63, 3.8) is 0 Å². The van der Waals surface area contributed by atoms with E-state index >= 15 is 0 Å². The van der Waals surface area contributed by atoms with Crippen molar-refractivity contribution in [2.45, 2.75) is 40.0 Å². The summed E-state index contributed by atoms with van der Waals surface area (Å²) in [6.07, 6.45) is 4.41. The summed E-state index contributed by atoms with van der Waals surface area (Å²) in [5.74, 6) is -1.15. The van der Waals surface area contributed by atoms with Crippen molar-refractivity contribution in [2.75, 3.05) is 0 Å². The van der Waals surface area contributed by atoms with Gasteiger partial charge < -0.3 is 14.6 Å². The second-order valence-corrected chi connectivity index (χ2v) is 10.6. The third-order valence-electron chi connectivity index (χ3n) is 6.23. The molecule has 3 aromatic rings. The van der Waals surface area contributed by atoms with E-state index in [1.807, 2.05) is 0 Å². The molecule has 0 amide bonds. The van der Waals surface area contributed by atoms with Crippen LogP contribution in [0.4, 0.5) is 5.00 Å². The Kier molecular flexibility index (Phi) is 6.15. The summed E-state index contributed by atoms with van der Waals surface area (Å²) in [4.78, 5) is 28.5. The Labute approximate surface area is 201 Å². The highest BCUT2D eigenvalue weighted by molar-refractivity contribution is 7.16. The van der Waals surface area contributed by atoms with Gasteiger partial charge in [0, 0.05) is 10.4 Å². The van der Waals surface area contributed by atoms with E-state index in [2.05, 4.69) is 31.8 Å². The minimum absolute atomic E-state index is 0.141. The molecule has 174 valence electrons. The molecule has 0 fully saturated rings. The maximum absolute atomic E-state index is 11.4. The van der Waals surface area contributed by atoms with Gasteiger partial charge in [0.05, 0.1) is 22.9 Å². The van der Waals surface area contributed by atoms with Crippen molar-refractivity contribution in [1.29, 1.82) is 5.26 Å². The van der Waals surface area contributed by atoms with Gasteiger partial charge in [-0.1, -0.05) is 20.8 Å². The molecule has 7 nitrogen and oxygen atoms in total. The first-order valence-electron chi connectivity index (χ1n) is 10.9. The predicted octanol–water partition coefficient (Wildman–Crippen LogP) is 6.18. The summed E-state index contributed by atoms with van der Waals surface area (Å²) >= 11 is 1.55. The lowest BCUT2D eigenvalue weighted by molar-refractivity contribution is 0.0696. The number of fused-ring (bicyclic) bond motifs is 1. The first-order valence-corrected chi connectivity index (χ1v) is 11.7. The van der Waals surface area contributed by atoms with E-state index in [-0.39, 0.29) is 16.5 Å². The molecule has 0 bridgehead atoms. The van der Waals surface area contributed by atoms with Crippen molar-refractivity contribution in [3.8, 4) is 17.4 Å². The minimum Gasteiger partial charge on any atom is -0.478 e. The van der Waals surface area contributed by atoms with Gasteiger partial charge in [-0.2, -0.15) is 5.26 Å². The molecule has 0 aliphatic heterocycles. The van der Waals surface area contributed by atoms with Crippen molar-refractivity contribution in [1.82, 2.24) is 0 Å². The number of furan rings is 1. The number of carboxylic acid groups (broad SMARTS) is 2. The Morgan fingerprint density at radius 3 is 2.44 bits per heavy atom. The third kappa shape index (κ3) is 4.66. The van der Waals surface area contributed by atoms with Crippen molar-refractivity contribution >= 4 is 34.5 Å². The van der Waals surface area contributed by atoms with Gasteiger partial charge in [-0.25, -0.2) is 14.6 Å². The number of carbonyl (C=O) groups is 2. The highest BCUT2D eigenvalue weighted by atomic mass is 32.1. The molecule has 0 saturated heterocycles. The molecule has 4 rings (SSSR count). The normalized spacial score (nSPS) is 15.8. The highest BCUT2D eigenvalue weighted by Gasteiger charge is 2.32. The molecule has 0 unspecified atom stereocenters. The summed E-state index contributed by atoms with van der Waals surface area (Å²) in [5.41, 5.74) is 1.99. The smallest absolute Gasteiger partial charge is 0.335 e. The SMILES string of the molecule is CC(C)(C)[C@@H]1CCc2c(sc(N=Cc3ccc(-c4cc(C(=O)O)cc(C(=O)O)c4)o3)c2C#N)C1. The van der Waals surface area contributed by atoms with Gasteiger partial charge in [-0.3, -0.25) is 0 Å². The monoisotopic (exact) mass is 476 g/mol. The zero-order valence-electron chi connectivity index (χ0n) is 19.1. The lowest BCUT2D eigenvalue weighted by atomic mass is 9.72. The Morgan fingerprint density at radius 1 is 1.18 bits per heavy atom. The maximum Gasteiger partial charge on any atom is 0.335 e. The van der Waals surface area contributed by atoms with Gasteiger partial charge in [0.1, 0.15) is 22.6 Å². The van der Waals surface area contributed by atoms with Gasteiger partial charge in [-0.05, 0) is 66.5 Å². The number of aliphatic imine (C=N–C) groups is 1. The molecule has 0 radical (unpaired) electrons. The van der Waals surface area contributed by atoms with Crippen molar-refractivity contribution < 1.29 is 24.2 Å². The zero-order chi connectivity index (χ0) is 24.6. The van der Waals surface area contributed by atoms with Crippen LogP contribution in [-0.2, 0) is 12.8 Å². The number of nitriles is 1. The number of aromatic carboxylic acids is 2. The molecule has 1 atom stereocenters. The predicted molar refractivity (Wildman–Crippen MR) is 129 cm³/mol. The Hall–Kier alpha value is -3.70. The number of nitrogens with zero attached hydrogens (tertiary/aromatic N) is 2. The van der Waals surface area contributed by atoms with E-state index in [1.165, 1.54) is 23.2 Å². The first-order chi connectivity index (χ1) is 16.1. The van der Waals surface area contributed by atoms with E-state index in [0.29, 0.717) is 33.6 Å². The highest BCUT2D eigenvalue weighted by Crippen LogP contribution is 2.44. The Balaban J connectivity index is 1.62. The molecule has 1 aliphatic rings. The van der Waals surface area contributed by atoms with E-state index < -0.39 is 11.9 Å². The molecule has 0 saturated carbocycles. The summed E-state index contributed by atoms with van der Waals surface area (Å²) < 4.78 is 5.78. The Bertz CT molecular complexity index is 1320. The summed E-state index contributed by atoms with van der Waals surface area (Å²) in [7, 11) is 0. The molecular weight excluding hydrogens is 452 g/mol. The van der Waals surface area contributed by atoms with Crippen LogP contribution in [0, 0.1) is 22.7 Å². The van der Waals surface area contributed by atoms with Crippen molar-refractivity contribution in [3.05, 3.63) is 63.2 Å². The van der Waals surface area contributed by atoms with E-state index in [4.69, 9.17) is 4.42 Å².